The predicted molar refractivity (Wildman–Crippen MR) is 60.9 cm³/mol. The van der Waals surface area contributed by atoms with Gasteiger partial charge in [0.2, 0.25) is 0 Å². The van der Waals surface area contributed by atoms with Gasteiger partial charge < -0.3 is 19.4 Å². The van der Waals surface area contributed by atoms with Gasteiger partial charge in [0.25, 0.3) is 0 Å². The number of fused-ring (bicyclic) bond motifs is 3. The Morgan fingerprint density at radius 3 is 3.44 bits per heavy atom. The second kappa shape index (κ2) is 3.26. The molecule has 2 fully saturated rings. The topological polar surface area (TPSA) is 67.4 Å². The van der Waals surface area contributed by atoms with Gasteiger partial charge in [-0.1, -0.05) is 0 Å². The third kappa shape index (κ3) is 1.16. The van der Waals surface area contributed by atoms with Crippen LogP contribution in [0.5, 0.6) is 0 Å². The van der Waals surface area contributed by atoms with Crippen LogP contribution in [-0.2, 0) is 15.9 Å². The molecular weight excluding hydrogens is 234 g/mol. The van der Waals surface area contributed by atoms with E-state index in [4.69, 9.17) is 9.47 Å². The Balaban J connectivity index is 1.66. The van der Waals surface area contributed by atoms with Gasteiger partial charge in [-0.3, -0.25) is 0 Å². The molecule has 1 amide bonds. The molecule has 0 radical (unpaired) electrons. The molecule has 1 aromatic rings. The van der Waals surface area contributed by atoms with Gasteiger partial charge in [-0.2, -0.15) is 0 Å². The first-order chi connectivity index (χ1) is 8.72. The van der Waals surface area contributed by atoms with E-state index >= 15 is 0 Å². The van der Waals surface area contributed by atoms with Crippen molar-refractivity contribution in [3.05, 3.63) is 17.7 Å². The smallest absolute Gasteiger partial charge is 0.409 e. The summed E-state index contributed by atoms with van der Waals surface area (Å²) in [5.74, 6) is 0.393. The van der Waals surface area contributed by atoms with Gasteiger partial charge in [0.1, 0.15) is 6.10 Å². The largest absolute Gasteiger partial charge is 0.453 e. The van der Waals surface area contributed by atoms with E-state index in [-0.39, 0.29) is 17.8 Å². The van der Waals surface area contributed by atoms with Crippen LogP contribution in [0.4, 0.5) is 4.79 Å². The van der Waals surface area contributed by atoms with Gasteiger partial charge in [0.15, 0.2) is 0 Å². The van der Waals surface area contributed by atoms with Crippen LogP contribution in [-0.4, -0.2) is 46.8 Å². The van der Waals surface area contributed by atoms with Crippen LogP contribution in [0.2, 0.25) is 0 Å². The van der Waals surface area contributed by atoms with Crippen molar-refractivity contribution in [2.24, 2.45) is 5.92 Å². The number of likely N-dealkylation sites (tertiary alicyclic amines) is 1. The second-order valence-electron chi connectivity index (χ2n) is 5.40. The molecule has 3 aliphatic rings. The first-order valence-electron chi connectivity index (χ1n) is 6.25. The highest BCUT2D eigenvalue weighted by Gasteiger charge is 2.59. The van der Waals surface area contributed by atoms with E-state index in [1.807, 2.05) is 0 Å². The molecule has 2 bridgehead atoms. The Morgan fingerprint density at radius 1 is 1.72 bits per heavy atom. The van der Waals surface area contributed by atoms with Gasteiger partial charge in [-0.25, -0.2) is 9.78 Å². The molecule has 2 saturated heterocycles. The maximum Gasteiger partial charge on any atom is 0.409 e. The fourth-order valence-corrected chi connectivity index (χ4v) is 3.69. The van der Waals surface area contributed by atoms with Gasteiger partial charge in [-0.05, 0) is 6.42 Å². The summed E-state index contributed by atoms with van der Waals surface area (Å²) in [6.07, 6.45) is 3.34. The number of carbonyl (C=O) groups excluding carboxylic acids is 1. The highest BCUT2D eigenvalue weighted by Crippen LogP contribution is 2.53. The van der Waals surface area contributed by atoms with Crippen molar-refractivity contribution in [3.63, 3.8) is 0 Å². The van der Waals surface area contributed by atoms with Gasteiger partial charge in [-0.15, -0.1) is 0 Å². The number of nitrogens with one attached hydrogen (secondary N) is 1. The SMILES string of the molecule is COC(=O)N1C[C@@H]2C[C@@H]3O[C@]2(Cc2[nH]cnc23)C1. The number of H-pyrrole nitrogens is 1. The molecule has 0 aliphatic carbocycles. The molecule has 3 aliphatic heterocycles. The van der Waals surface area contributed by atoms with E-state index in [2.05, 4.69) is 9.97 Å². The van der Waals surface area contributed by atoms with Gasteiger partial charge in [0, 0.05) is 24.6 Å². The highest BCUT2D eigenvalue weighted by atomic mass is 16.5. The fraction of sp³-hybridized carbons (Fsp3) is 0.667. The van der Waals surface area contributed by atoms with Crippen molar-refractivity contribution in [2.45, 2.75) is 24.5 Å². The first kappa shape index (κ1) is 10.4. The summed E-state index contributed by atoms with van der Waals surface area (Å²) in [7, 11) is 1.42. The molecule has 18 heavy (non-hydrogen) atoms. The Bertz CT molecular complexity index is 514. The Morgan fingerprint density at radius 2 is 2.61 bits per heavy atom. The zero-order valence-electron chi connectivity index (χ0n) is 10.2. The van der Waals surface area contributed by atoms with Crippen LogP contribution in [0.25, 0.3) is 0 Å². The molecule has 0 aromatic carbocycles. The summed E-state index contributed by atoms with van der Waals surface area (Å²) in [5.41, 5.74) is 2.00. The van der Waals surface area contributed by atoms with Crippen LogP contribution >= 0.6 is 0 Å². The van der Waals surface area contributed by atoms with Crippen molar-refractivity contribution >= 4 is 6.09 Å². The zero-order chi connectivity index (χ0) is 12.3. The number of hydrogen-bond acceptors (Lipinski definition) is 4. The molecule has 6 nitrogen and oxygen atoms in total. The quantitative estimate of drug-likeness (QED) is 0.740. The van der Waals surface area contributed by atoms with Crippen molar-refractivity contribution in [1.29, 1.82) is 0 Å². The lowest BCUT2D eigenvalue weighted by Crippen LogP contribution is -2.42. The fourth-order valence-electron chi connectivity index (χ4n) is 3.69. The number of methoxy groups -OCH3 is 1. The van der Waals surface area contributed by atoms with E-state index in [9.17, 15) is 4.79 Å². The third-order valence-electron chi connectivity index (χ3n) is 4.48. The van der Waals surface area contributed by atoms with Gasteiger partial charge >= 0.3 is 6.09 Å². The minimum absolute atomic E-state index is 0.102. The Labute approximate surface area is 104 Å². The zero-order valence-corrected chi connectivity index (χ0v) is 10.2. The number of aromatic nitrogens is 2. The van der Waals surface area contributed by atoms with E-state index < -0.39 is 0 Å². The number of aromatic amines is 1. The normalized spacial score (nSPS) is 36.4. The lowest BCUT2D eigenvalue weighted by atomic mass is 9.88. The van der Waals surface area contributed by atoms with Crippen LogP contribution in [0.1, 0.15) is 23.9 Å². The van der Waals surface area contributed by atoms with E-state index in [0.717, 1.165) is 25.1 Å². The number of hydrogen-bond donors (Lipinski definition) is 1. The summed E-state index contributed by atoms with van der Waals surface area (Å²) in [6.45, 7) is 1.35. The molecule has 1 N–H and O–H groups in total. The van der Waals surface area contributed by atoms with Crippen molar-refractivity contribution in [1.82, 2.24) is 14.9 Å². The summed E-state index contributed by atoms with van der Waals surface area (Å²) >= 11 is 0. The summed E-state index contributed by atoms with van der Waals surface area (Å²) in [4.78, 5) is 20.9. The molecule has 1 aromatic heterocycles. The molecular formula is C12H15N3O3. The lowest BCUT2D eigenvalue weighted by Gasteiger charge is -2.32. The number of ether oxygens (including phenoxy) is 2. The summed E-state index contributed by atoms with van der Waals surface area (Å²) in [6, 6.07) is 0. The van der Waals surface area contributed by atoms with Gasteiger partial charge in [0.05, 0.1) is 31.3 Å². The Kier molecular flexibility index (Phi) is 1.88. The number of imidazole rings is 1. The van der Waals surface area contributed by atoms with E-state index in [1.54, 1.807) is 11.2 Å². The van der Waals surface area contributed by atoms with Crippen molar-refractivity contribution < 1.29 is 14.3 Å². The minimum Gasteiger partial charge on any atom is -0.453 e. The second-order valence-corrected chi connectivity index (χ2v) is 5.40. The average molecular weight is 249 g/mol. The molecule has 6 heteroatoms. The lowest BCUT2D eigenvalue weighted by molar-refractivity contribution is -0.0608. The van der Waals surface area contributed by atoms with Crippen LogP contribution < -0.4 is 0 Å². The molecule has 0 unspecified atom stereocenters. The van der Waals surface area contributed by atoms with Crippen LogP contribution in [0.15, 0.2) is 6.33 Å². The standard InChI is InChI=1S/C12H15N3O3/c1-17-11(16)15-4-7-2-9-10-8(13-6-14-10)3-12(7,5-15)18-9/h6-7,9H,2-5H2,1H3,(H,13,14)/t7-,9-,12+/m0/s1. The molecule has 0 saturated carbocycles. The number of carbonyl (C=O) groups is 1. The van der Waals surface area contributed by atoms with E-state index in [0.29, 0.717) is 12.5 Å². The molecule has 96 valence electrons. The number of amides is 1. The maximum absolute atomic E-state index is 11.6. The minimum atomic E-state index is -0.255. The van der Waals surface area contributed by atoms with Crippen LogP contribution in [0, 0.1) is 5.92 Å². The molecule has 4 heterocycles. The van der Waals surface area contributed by atoms with E-state index in [1.165, 1.54) is 12.8 Å². The molecule has 3 atom stereocenters. The highest BCUT2D eigenvalue weighted by molar-refractivity contribution is 5.68. The van der Waals surface area contributed by atoms with Crippen molar-refractivity contribution in [2.75, 3.05) is 20.2 Å². The average Bonchev–Trinajstić information content (AvgIpc) is 3.00. The number of nitrogens with zero attached hydrogens (tertiary/aromatic N) is 2. The van der Waals surface area contributed by atoms with Crippen molar-refractivity contribution in [3.8, 4) is 0 Å². The Hall–Kier alpha value is -1.56. The van der Waals surface area contributed by atoms with Crippen LogP contribution in [0.3, 0.4) is 0 Å². The first-order valence-corrected chi connectivity index (χ1v) is 6.25. The molecule has 1 spiro atoms. The monoisotopic (exact) mass is 249 g/mol. The molecule has 4 rings (SSSR count). The summed E-state index contributed by atoms with van der Waals surface area (Å²) < 4.78 is 11.0. The predicted octanol–water partition coefficient (Wildman–Crippen LogP) is 0.864. The summed E-state index contributed by atoms with van der Waals surface area (Å²) in [5, 5.41) is 0. The number of rotatable bonds is 0. The third-order valence-corrected chi connectivity index (χ3v) is 4.48. The maximum atomic E-state index is 11.6.